The van der Waals surface area contributed by atoms with Gasteiger partial charge < -0.3 is 10.0 Å². The fraction of sp³-hybridized carbons (Fsp3) is 0.462. The first-order valence-corrected chi connectivity index (χ1v) is 5.88. The third kappa shape index (κ3) is 2.85. The Morgan fingerprint density at radius 3 is 2.56 bits per heavy atom. The summed E-state index contributed by atoms with van der Waals surface area (Å²) in [5.41, 5.74) is -0.712. The minimum Gasteiger partial charge on any atom is -0.389 e. The number of hydrogen-bond donors (Lipinski definition) is 1. The maximum atomic E-state index is 13.5. The Kier molecular flexibility index (Phi) is 3.61. The highest BCUT2D eigenvalue weighted by Crippen LogP contribution is 2.27. The zero-order chi connectivity index (χ0) is 13.2. The molecule has 1 amide bonds. The molecular formula is C13H15F2NO2. The summed E-state index contributed by atoms with van der Waals surface area (Å²) in [6, 6.07) is 3.36. The second-order valence-electron chi connectivity index (χ2n) is 4.78. The van der Waals surface area contributed by atoms with Crippen molar-refractivity contribution in [2.24, 2.45) is 0 Å². The maximum Gasteiger partial charge on any atom is 0.209 e. The van der Waals surface area contributed by atoms with E-state index in [4.69, 9.17) is 0 Å². The molecular weight excluding hydrogens is 240 g/mol. The highest BCUT2D eigenvalue weighted by Gasteiger charge is 2.32. The summed E-state index contributed by atoms with van der Waals surface area (Å²) >= 11 is 0. The lowest BCUT2D eigenvalue weighted by molar-refractivity contribution is -0.122. The van der Waals surface area contributed by atoms with E-state index in [0.717, 1.165) is 12.5 Å². The quantitative estimate of drug-likeness (QED) is 0.831. The first kappa shape index (κ1) is 13.0. The van der Waals surface area contributed by atoms with Crippen LogP contribution >= 0.6 is 0 Å². The summed E-state index contributed by atoms with van der Waals surface area (Å²) in [7, 11) is 0. The molecule has 2 rings (SSSR count). The van der Waals surface area contributed by atoms with Gasteiger partial charge in [0.2, 0.25) is 6.41 Å². The van der Waals surface area contributed by atoms with Crippen molar-refractivity contribution in [3.63, 3.8) is 0 Å². The highest BCUT2D eigenvalue weighted by molar-refractivity contribution is 5.47. The van der Waals surface area contributed by atoms with Crippen molar-refractivity contribution in [2.45, 2.75) is 24.9 Å². The molecule has 18 heavy (non-hydrogen) atoms. The second-order valence-corrected chi connectivity index (χ2v) is 4.78. The van der Waals surface area contributed by atoms with Crippen molar-refractivity contribution in [3.05, 3.63) is 35.4 Å². The molecule has 0 spiro atoms. The van der Waals surface area contributed by atoms with Crippen LogP contribution < -0.4 is 0 Å². The molecule has 1 aromatic carbocycles. The molecule has 98 valence electrons. The number of amides is 1. The van der Waals surface area contributed by atoms with Crippen LogP contribution in [0.4, 0.5) is 8.78 Å². The van der Waals surface area contributed by atoms with Gasteiger partial charge in [-0.1, -0.05) is 6.07 Å². The monoisotopic (exact) mass is 255 g/mol. The van der Waals surface area contributed by atoms with Crippen molar-refractivity contribution in [3.8, 4) is 0 Å². The normalized spacial score (nSPS) is 18.7. The number of rotatable bonds is 3. The molecule has 5 heteroatoms. The molecule has 1 saturated heterocycles. The van der Waals surface area contributed by atoms with Crippen LogP contribution in [0.2, 0.25) is 0 Å². The van der Waals surface area contributed by atoms with Crippen molar-refractivity contribution >= 4 is 6.41 Å². The Balaban J connectivity index is 2.06. The van der Waals surface area contributed by atoms with Gasteiger partial charge in [0.15, 0.2) is 0 Å². The summed E-state index contributed by atoms with van der Waals surface area (Å²) < 4.78 is 26.3. The average molecular weight is 255 g/mol. The Hall–Kier alpha value is -1.49. The van der Waals surface area contributed by atoms with E-state index in [1.54, 1.807) is 4.90 Å². The standard InChI is InChI=1S/C13H15F2NO2/c14-11-2-1-10(12(15)7-11)8-13(18)3-5-16(9-17)6-4-13/h1-2,7,9,18H,3-6,8H2. The third-order valence-corrected chi connectivity index (χ3v) is 3.41. The van der Waals surface area contributed by atoms with Crippen LogP contribution in [0, 0.1) is 11.6 Å². The molecule has 0 bridgehead atoms. The number of benzene rings is 1. The van der Waals surface area contributed by atoms with E-state index in [2.05, 4.69) is 0 Å². The van der Waals surface area contributed by atoms with Crippen LogP contribution in [0.1, 0.15) is 18.4 Å². The van der Waals surface area contributed by atoms with Crippen molar-refractivity contribution in [1.29, 1.82) is 0 Å². The molecule has 1 fully saturated rings. The molecule has 0 radical (unpaired) electrons. The van der Waals surface area contributed by atoms with Gasteiger partial charge in [-0.25, -0.2) is 8.78 Å². The molecule has 0 aromatic heterocycles. The lowest BCUT2D eigenvalue weighted by Gasteiger charge is -2.36. The molecule has 1 aliphatic heterocycles. The summed E-state index contributed by atoms with van der Waals surface area (Å²) in [5.74, 6) is -1.26. The number of piperidine rings is 1. The van der Waals surface area contributed by atoms with Crippen molar-refractivity contribution in [2.75, 3.05) is 13.1 Å². The van der Waals surface area contributed by atoms with E-state index in [9.17, 15) is 18.7 Å². The van der Waals surface area contributed by atoms with E-state index < -0.39 is 17.2 Å². The SMILES string of the molecule is O=CN1CCC(O)(Cc2ccc(F)cc2F)CC1. The largest absolute Gasteiger partial charge is 0.389 e. The number of hydrogen-bond acceptors (Lipinski definition) is 2. The summed E-state index contributed by atoms with van der Waals surface area (Å²) in [5, 5.41) is 10.3. The molecule has 0 atom stereocenters. The number of carbonyl (C=O) groups excluding carboxylic acids is 1. The minimum absolute atomic E-state index is 0.145. The molecule has 1 heterocycles. The van der Waals surface area contributed by atoms with Crippen LogP contribution in [0.15, 0.2) is 18.2 Å². The number of carbonyl (C=O) groups is 1. The number of nitrogens with zero attached hydrogens (tertiary/aromatic N) is 1. The second kappa shape index (κ2) is 5.02. The topological polar surface area (TPSA) is 40.5 Å². The van der Waals surface area contributed by atoms with E-state index in [1.807, 2.05) is 0 Å². The van der Waals surface area contributed by atoms with E-state index in [1.165, 1.54) is 12.1 Å². The molecule has 3 nitrogen and oxygen atoms in total. The lowest BCUT2D eigenvalue weighted by Crippen LogP contribution is -2.45. The smallest absolute Gasteiger partial charge is 0.209 e. The van der Waals surface area contributed by atoms with Gasteiger partial charge in [-0.2, -0.15) is 0 Å². The maximum absolute atomic E-state index is 13.5. The average Bonchev–Trinajstić information content (AvgIpc) is 2.34. The van der Waals surface area contributed by atoms with Gasteiger partial charge >= 0.3 is 0 Å². The highest BCUT2D eigenvalue weighted by atomic mass is 19.1. The van der Waals surface area contributed by atoms with Crippen LogP contribution in [0.25, 0.3) is 0 Å². The van der Waals surface area contributed by atoms with Crippen LogP contribution in [-0.2, 0) is 11.2 Å². The van der Waals surface area contributed by atoms with Crippen LogP contribution in [0.5, 0.6) is 0 Å². The molecule has 0 saturated carbocycles. The summed E-state index contributed by atoms with van der Waals surface area (Å²) in [6.07, 6.45) is 1.70. The van der Waals surface area contributed by atoms with Gasteiger partial charge in [-0.05, 0) is 24.5 Å². The zero-order valence-electron chi connectivity index (χ0n) is 9.90. The molecule has 0 aliphatic carbocycles. The predicted octanol–water partition coefficient (Wildman–Crippen LogP) is 1.49. The van der Waals surface area contributed by atoms with Gasteiger partial charge in [-0.3, -0.25) is 4.79 Å². The lowest BCUT2D eigenvalue weighted by atomic mass is 9.85. The summed E-state index contributed by atoms with van der Waals surface area (Å²) in [6.45, 7) is 0.922. The first-order valence-electron chi connectivity index (χ1n) is 5.88. The van der Waals surface area contributed by atoms with E-state index >= 15 is 0 Å². The number of likely N-dealkylation sites (tertiary alicyclic amines) is 1. The van der Waals surface area contributed by atoms with Gasteiger partial charge in [0, 0.05) is 25.6 Å². The summed E-state index contributed by atoms with van der Waals surface area (Å²) in [4.78, 5) is 12.1. The van der Waals surface area contributed by atoms with Gasteiger partial charge in [0.1, 0.15) is 11.6 Å². The Labute approximate surface area is 104 Å². The Morgan fingerprint density at radius 2 is 2.00 bits per heavy atom. The fourth-order valence-electron chi connectivity index (χ4n) is 2.24. The van der Waals surface area contributed by atoms with E-state index in [0.29, 0.717) is 31.5 Å². The fourth-order valence-corrected chi connectivity index (χ4v) is 2.24. The van der Waals surface area contributed by atoms with Gasteiger partial charge in [-0.15, -0.1) is 0 Å². The van der Waals surface area contributed by atoms with Crippen LogP contribution in [-0.4, -0.2) is 35.1 Å². The zero-order valence-corrected chi connectivity index (χ0v) is 9.90. The molecule has 1 N–H and O–H groups in total. The predicted molar refractivity (Wildman–Crippen MR) is 61.9 cm³/mol. The van der Waals surface area contributed by atoms with Crippen molar-refractivity contribution < 1.29 is 18.7 Å². The first-order chi connectivity index (χ1) is 8.52. The Morgan fingerprint density at radius 1 is 1.33 bits per heavy atom. The van der Waals surface area contributed by atoms with Crippen LogP contribution in [0.3, 0.4) is 0 Å². The van der Waals surface area contributed by atoms with Crippen molar-refractivity contribution in [1.82, 2.24) is 4.90 Å². The number of halogens is 2. The number of aliphatic hydroxyl groups is 1. The van der Waals surface area contributed by atoms with Gasteiger partial charge in [0.05, 0.1) is 5.60 Å². The molecule has 0 unspecified atom stereocenters. The Bertz CT molecular complexity index is 443. The molecule has 1 aliphatic rings. The van der Waals surface area contributed by atoms with Gasteiger partial charge in [0.25, 0.3) is 0 Å². The molecule has 1 aromatic rings. The minimum atomic E-state index is -1.02. The van der Waals surface area contributed by atoms with E-state index in [-0.39, 0.29) is 6.42 Å². The third-order valence-electron chi connectivity index (χ3n) is 3.41.